The van der Waals surface area contributed by atoms with Crippen LogP contribution in [0.15, 0.2) is 27.1 Å². The van der Waals surface area contributed by atoms with E-state index in [1.54, 1.807) is 12.1 Å². The molecule has 0 radical (unpaired) electrons. The summed E-state index contributed by atoms with van der Waals surface area (Å²) in [5.41, 5.74) is 6.00. The molecule has 3 nitrogen and oxygen atoms in total. The summed E-state index contributed by atoms with van der Waals surface area (Å²) < 4.78 is 19.4. The van der Waals surface area contributed by atoms with Crippen LogP contribution >= 0.6 is 15.9 Å². The molecule has 1 heterocycles. The summed E-state index contributed by atoms with van der Waals surface area (Å²) in [5.74, 6) is 7.19. The van der Waals surface area contributed by atoms with Crippen molar-refractivity contribution < 1.29 is 8.81 Å². The molecular formula is C15H18BrFN2O. The Morgan fingerprint density at radius 3 is 2.50 bits per heavy atom. The minimum Gasteiger partial charge on any atom is -0.466 e. The van der Waals surface area contributed by atoms with Crippen molar-refractivity contribution in [2.75, 3.05) is 0 Å². The number of furan rings is 1. The summed E-state index contributed by atoms with van der Waals surface area (Å²) in [5, 5.41) is 0. The van der Waals surface area contributed by atoms with Crippen molar-refractivity contribution in [1.82, 2.24) is 5.43 Å². The zero-order valence-electron chi connectivity index (χ0n) is 11.8. The highest BCUT2D eigenvalue weighted by Crippen LogP contribution is 2.29. The molecule has 0 aliphatic rings. The Kier molecular flexibility index (Phi) is 4.62. The molecule has 1 unspecified atom stereocenters. The third kappa shape index (κ3) is 2.95. The van der Waals surface area contributed by atoms with Crippen molar-refractivity contribution in [2.24, 2.45) is 5.84 Å². The van der Waals surface area contributed by atoms with Crippen LogP contribution in [-0.2, 0) is 6.42 Å². The maximum atomic E-state index is 13.3. The minimum absolute atomic E-state index is 0.0650. The number of hydrazine groups is 1. The molecule has 108 valence electrons. The van der Waals surface area contributed by atoms with Crippen LogP contribution < -0.4 is 11.3 Å². The van der Waals surface area contributed by atoms with E-state index in [-0.39, 0.29) is 11.9 Å². The molecule has 2 rings (SSSR count). The van der Waals surface area contributed by atoms with E-state index in [0.29, 0.717) is 10.9 Å². The van der Waals surface area contributed by atoms with E-state index in [0.717, 1.165) is 28.2 Å². The number of halogens is 2. The molecule has 0 amide bonds. The van der Waals surface area contributed by atoms with Crippen LogP contribution in [-0.4, -0.2) is 0 Å². The molecule has 0 aliphatic heterocycles. The third-order valence-corrected chi connectivity index (χ3v) is 4.20. The smallest absolute Gasteiger partial charge is 0.137 e. The van der Waals surface area contributed by atoms with E-state index in [1.165, 1.54) is 6.07 Å². The average Bonchev–Trinajstić information content (AvgIpc) is 2.65. The average molecular weight is 341 g/mol. The summed E-state index contributed by atoms with van der Waals surface area (Å²) in [7, 11) is 0. The van der Waals surface area contributed by atoms with Crippen LogP contribution in [0.3, 0.4) is 0 Å². The second-order valence-electron chi connectivity index (χ2n) is 4.92. The fourth-order valence-corrected chi connectivity index (χ4v) is 2.89. The SMILES string of the molecule is Cc1oc(C)c(C(Cc2ccc(F)c(Br)c2)NN)c1C. The van der Waals surface area contributed by atoms with Crippen LogP contribution in [0, 0.1) is 26.6 Å². The van der Waals surface area contributed by atoms with Crippen molar-refractivity contribution in [3.8, 4) is 0 Å². The summed E-state index contributed by atoms with van der Waals surface area (Å²) in [4.78, 5) is 0. The second-order valence-corrected chi connectivity index (χ2v) is 5.78. The van der Waals surface area contributed by atoms with Gasteiger partial charge in [-0.1, -0.05) is 6.07 Å². The van der Waals surface area contributed by atoms with Gasteiger partial charge in [0.1, 0.15) is 17.3 Å². The fourth-order valence-electron chi connectivity index (χ4n) is 2.47. The predicted molar refractivity (Wildman–Crippen MR) is 80.8 cm³/mol. The first-order valence-electron chi connectivity index (χ1n) is 6.40. The lowest BCUT2D eigenvalue weighted by Crippen LogP contribution is -2.30. The number of nitrogens with one attached hydrogen (secondary N) is 1. The first-order chi connectivity index (χ1) is 9.43. The summed E-state index contributed by atoms with van der Waals surface area (Å²) in [6, 6.07) is 4.93. The monoisotopic (exact) mass is 340 g/mol. The van der Waals surface area contributed by atoms with Gasteiger partial charge in [-0.15, -0.1) is 0 Å². The van der Waals surface area contributed by atoms with Gasteiger partial charge in [0.05, 0.1) is 10.5 Å². The molecule has 1 atom stereocenters. The molecule has 5 heteroatoms. The van der Waals surface area contributed by atoms with Gasteiger partial charge in [-0.2, -0.15) is 0 Å². The summed E-state index contributed by atoms with van der Waals surface area (Å²) in [6.45, 7) is 5.89. The zero-order chi connectivity index (χ0) is 14.9. The van der Waals surface area contributed by atoms with Crippen LogP contribution in [0.5, 0.6) is 0 Å². The first-order valence-corrected chi connectivity index (χ1v) is 7.20. The zero-order valence-corrected chi connectivity index (χ0v) is 13.3. The van der Waals surface area contributed by atoms with Crippen LogP contribution in [0.4, 0.5) is 4.39 Å². The standard InChI is InChI=1S/C15H18BrFN2O/c1-8-9(2)20-10(3)15(8)14(19-18)7-11-4-5-13(17)12(16)6-11/h4-6,14,19H,7,18H2,1-3H3. The molecule has 0 saturated heterocycles. The van der Waals surface area contributed by atoms with Crippen LogP contribution in [0.2, 0.25) is 0 Å². The Balaban J connectivity index is 2.31. The first kappa shape index (κ1) is 15.2. The molecule has 0 spiro atoms. The van der Waals surface area contributed by atoms with Gasteiger partial charge < -0.3 is 4.42 Å². The van der Waals surface area contributed by atoms with Gasteiger partial charge in [-0.3, -0.25) is 11.3 Å². The van der Waals surface area contributed by atoms with Gasteiger partial charge in [0.2, 0.25) is 0 Å². The van der Waals surface area contributed by atoms with Crippen molar-refractivity contribution in [2.45, 2.75) is 33.2 Å². The van der Waals surface area contributed by atoms with Gasteiger partial charge in [-0.25, -0.2) is 4.39 Å². The molecular weight excluding hydrogens is 323 g/mol. The molecule has 0 bridgehead atoms. The highest BCUT2D eigenvalue weighted by atomic mass is 79.9. The van der Waals surface area contributed by atoms with Gasteiger partial charge in [0, 0.05) is 5.56 Å². The van der Waals surface area contributed by atoms with Crippen LogP contribution in [0.25, 0.3) is 0 Å². The molecule has 0 saturated carbocycles. The molecule has 3 N–H and O–H groups in total. The van der Waals surface area contributed by atoms with Crippen molar-refractivity contribution in [3.05, 3.63) is 56.7 Å². The lowest BCUT2D eigenvalue weighted by molar-refractivity contribution is 0.484. The summed E-state index contributed by atoms with van der Waals surface area (Å²) >= 11 is 3.20. The maximum absolute atomic E-state index is 13.3. The van der Waals surface area contributed by atoms with Crippen molar-refractivity contribution in [3.63, 3.8) is 0 Å². The quantitative estimate of drug-likeness (QED) is 0.656. The third-order valence-electron chi connectivity index (χ3n) is 3.59. The number of hydrogen-bond acceptors (Lipinski definition) is 3. The number of rotatable bonds is 4. The number of nitrogens with two attached hydrogens (primary N) is 1. The predicted octanol–water partition coefficient (Wildman–Crippen LogP) is 3.85. The van der Waals surface area contributed by atoms with Gasteiger partial charge in [0.15, 0.2) is 0 Å². The molecule has 1 aromatic heterocycles. The van der Waals surface area contributed by atoms with Gasteiger partial charge in [-0.05, 0) is 66.4 Å². The molecule has 2 aromatic rings. The number of aryl methyl sites for hydroxylation is 2. The molecule has 20 heavy (non-hydrogen) atoms. The molecule has 1 aromatic carbocycles. The van der Waals surface area contributed by atoms with E-state index in [9.17, 15) is 4.39 Å². The van der Waals surface area contributed by atoms with Crippen molar-refractivity contribution >= 4 is 15.9 Å². The minimum atomic E-state index is -0.266. The van der Waals surface area contributed by atoms with Gasteiger partial charge in [0.25, 0.3) is 0 Å². The number of hydrogen-bond donors (Lipinski definition) is 2. The Bertz CT molecular complexity index is 625. The van der Waals surface area contributed by atoms with E-state index in [2.05, 4.69) is 21.4 Å². The lowest BCUT2D eigenvalue weighted by Gasteiger charge is -2.17. The maximum Gasteiger partial charge on any atom is 0.137 e. The second kappa shape index (κ2) is 6.08. The topological polar surface area (TPSA) is 51.2 Å². The van der Waals surface area contributed by atoms with E-state index in [1.807, 2.05) is 20.8 Å². The van der Waals surface area contributed by atoms with E-state index < -0.39 is 0 Å². The largest absolute Gasteiger partial charge is 0.466 e. The highest BCUT2D eigenvalue weighted by Gasteiger charge is 2.20. The fraction of sp³-hybridized carbons (Fsp3) is 0.333. The van der Waals surface area contributed by atoms with E-state index in [4.69, 9.17) is 10.3 Å². The lowest BCUT2D eigenvalue weighted by atomic mass is 9.96. The Morgan fingerprint density at radius 1 is 1.30 bits per heavy atom. The molecule has 0 aliphatic carbocycles. The normalized spacial score (nSPS) is 12.7. The van der Waals surface area contributed by atoms with Crippen LogP contribution in [0.1, 0.15) is 34.3 Å². The highest BCUT2D eigenvalue weighted by molar-refractivity contribution is 9.10. The Morgan fingerprint density at radius 2 is 2.00 bits per heavy atom. The Labute approximate surface area is 126 Å². The van der Waals surface area contributed by atoms with E-state index >= 15 is 0 Å². The summed E-state index contributed by atoms with van der Waals surface area (Å²) in [6.07, 6.45) is 0.663. The van der Waals surface area contributed by atoms with Gasteiger partial charge >= 0.3 is 0 Å². The van der Waals surface area contributed by atoms with Crippen molar-refractivity contribution in [1.29, 1.82) is 0 Å². The number of benzene rings is 1. The Hall–Kier alpha value is -1.17. The molecule has 0 fully saturated rings.